The molecule has 0 aliphatic heterocycles. The first-order valence-corrected chi connectivity index (χ1v) is 3.94. The summed E-state index contributed by atoms with van der Waals surface area (Å²) in [6, 6.07) is 4.80. The van der Waals surface area contributed by atoms with Crippen molar-refractivity contribution >= 4 is 12.6 Å². The quantitative estimate of drug-likeness (QED) is 0.578. The summed E-state index contributed by atoms with van der Waals surface area (Å²) in [6.45, 7) is 1.89. The summed E-state index contributed by atoms with van der Waals surface area (Å²) in [7, 11) is -1.54. The molecule has 0 saturated heterocycles. The van der Waals surface area contributed by atoms with Gasteiger partial charge in [-0.25, -0.2) is 4.98 Å². The zero-order valence-corrected chi connectivity index (χ0v) is 7.23. The van der Waals surface area contributed by atoms with Crippen LogP contribution >= 0.6 is 0 Å². The van der Waals surface area contributed by atoms with Gasteiger partial charge in [-0.05, 0) is 24.0 Å². The molecule has 0 fully saturated rings. The fourth-order valence-corrected chi connectivity index (χ4v) is 0.999. The molecule has 0 spiro atoms. The minimum atomic E-state index is -1.54. The molecule has 0 unspecified atom stereocenters. The molecule has 0 amide bonds. The zero-order chi connectivity index (χ0) is 9.84. The average Bonchev–Trinajstić information content (AvgIpc) is 2.16. The van der Waals surface area contributed by atoms with Crippen LogP contribution in [0.25, 0.3) is 0 Å². The predicted molar refractivity (Wildman–Crippen MR) is 48.2 cm³/mol. The molecule has 66 valence electrons. The first-order chi connectivity index (χ1) is 6.17. The van der Waals surface area contributed by atoms with Crippen molar-refractivity contribution in [1.82, 2.24) is 4.98 Å². The van der Waals surface area contributed by atoms with E-state index < -0.39 is 7.12 Å². The van der Waals surface area contributed by atoms with Gasteiger partial charge in [0.05, 0.1) is 0 Å². The second kappa shape index (κ2) is 4.03. The van der Waals surface area contributed by atoms with Gasteiger partial charge in [0.2, 0.25) is 0 Å². The van der Waals surface area contributed by atoms with Gasteiger partial charge in [-0.2, -0.15) is 5.26 Å². The fourth-order valence-electron chi connectivity index (χ4n) is 0.999. The van der Waals surface area contributed by atoms with E-state index in [1.807, 2.05) is 13.0 Å². The van der Waals surface area contributed by atoms with Crippen molar-refractivity contribution in [1.29, 1.82) is 5.26 Å². The largest absolute Gasteiger partial charge is 0.488 e. The Bertz CT molecular complexity index is 346. The number of aryl methyl sites for hydroxylation is 1. The molecule has 0 aliphatic carbocycles. The molecule has 0 bridgehead atoms. The normalized spacial score (nSPS) is 9.38. The summed E-state index contributed by atoms with van der Waals surface area (Å²) >= 11 is 0. The Morgan fingerprint density at radius 2 is 2.23 bits per heavy atom. The molecule has 0 aliphatic rings. The number of hydrogen-bond donors (Lipinski definition) is 2. The van der Waals surface area contributed by atoms with Crippen LogP contribution in [0, 0.1) is 11.3 Å². The molecule has 0 radical (unpaired) electrons. The SMILES string of the molecule is CCc1cc(B(O)O)cc(C#N)n1. The first kappa shape index (κ1) is 9.71. The Kier molecular flexibility index (Phi) is 3.01. The maximum atomic E-state index is 8.88. The van der Waals surface area contributed by atoms with Gasteiger partial charge in [0, 0.05) is 5.69 Å². The van der Waals surface area contributed by atoms with Crippen LogP contribution in [0.1, 0.15) is 18.3 Å². The van der Waals surface area contributed by atoms with E-state index in [2.05, 4.69) is 4.98 Å². The minimum absolute atomic E-state index is 0.211. The molecule has 0 saturated carbocycles. The van der Waals surface area contributed by atoms with Gasteiger partial charge >= 0.3 is 7.12 Å². The van der Waals surface area contributed by atoms with E-state index in [4.69, 9.17) is 15.3 Å². The van der Waals surface area contributed by atoms with Gasteiger partial charge in [0.15, 0.2) is 0 Å². The molecule has 1 aromatic rings. The Morgan fingerprint density at radius 1 is 1.54 bits per heavy atom. The van der Waals surface area contributed by atoms with E-state index in [0.717, 1.165) is 0 Å². The monoisotopic (exact) mass is 176 g/mol. The lowest BCUT2D eigenvalue weighted by atomic mass is 9.80. The highest BCUT2D eigenvalue weighted by molar-refractivity contribution is 6.58. The highest BCUT2D eigenvalue weighted by Gasteiger charge is 2.13. The van der Waals surface area contributed by atoms with Gasteiger partial charge < -0.3 is 10.0 Å². The van der Waals surface area contributed by atoms with Crippen molar-refractivity contribution in [2.75, 3.05) is 0 Å². The van der Waals surface area contributed by atoms with E-state index in [1.165, 1.54) is 6.07 Å². The lowest BCUT2D eigenvalue weighted by molar-refractivity contribution is 0.425. The number of hydrogen-bond acceptors (Lipinski definition) is 4. The second-order valence-corrected chi connectivity index (χ2v) is 2.62. The minimum Gasteiger partial charge on any atom is -0.423 e. The van der Waals surface area contributed by atoms with Gasteiger partial charge in [0.1, 0.15) is 11.8 Å². The molecule has 1 rings (SSSR count). The van der Waals surface area contributed by atoms with Crippen LogP contribution in [0.5, 0.6) is 0 Å². The maximum Gasteiger partial charge on any atom is 0.488 e. The van der Waals surface area contributed by atoms with E-state index >= 15 is 0 Å². The Hall–Kier alpha value is -1.38. The number of pyridine rings is 1. The lowest BCUT2D eigenvalue weighted by Gasteiger charge is -2.02. The number of aromatic nitrogens is 1. The highest BCUT2D eigenvalue weighted by Crippen LogP contribution is 1.97. The molecule has 2 N–H and O–H groups in total. The highest BCUT2D eigenvalue weighted by atomic mass is 16.4. The molecule has 1 heterocycles. The van der Waals surface area contributed by atoms with Crippen LogP contribution in [0.4, 0.5) is 0 Å². The summed E-state index contributed by atoms with van der Waals surface area (Å²) in [5.74, 6) is 0. The van der Waals surface area contributed by atoms with Crippen LogP contribution in [-0.2, 0) is 6.42 Å². The van der Waals surface area contributed by atoms with Crippen molar-refractivity contribution in [2.45, 2.75) is 13.3 Å². The summed E-state index contributed by atoms with van der Waals surface area (Å²) in [6.07, 6.45) is 0.662. The van der Waals surface area contributed by atoms with Crippen molar-refractivity contribution in [3.05, 3.63) is 23.5 Å². The topological polar surface area (TPSA) is 77.1 Å². The standard InChI is InChI=1S/C8H9BN2O2/c1-2-7-3-6(9(12)13)4-8(5-10)11-7/h3-4,12-13H,2H2,1H3. The molecule has 0 aromatic carbocycles. The lowest BCUT2D eigenvalue weighted by Crippen LogP contribution is -2.30. The summed E-state index contributed by atoms with van der Waals surface area (Å²) < 4.78 is 0. The predicted octanol–water partition coefficient (Wildman–Crippen LogP) is -0.805. The third-order valence-corrected chi connectivity index (χ3v) is 1.68. The van der Waals surface area contributed by atoms with Crippen molar-refractivity contribution in [3.8, 4) is 6.07 Å². The molecular weight excluding hydrogens is 167 g/mol. The van der Waals surface area contributed by atoms with E-state index in [0.29, 0.717) is 17.6 Å². The number of nitriles is 1. The van der Waals surface area contributed by atoms with Crippen LogP contribution in [-0.4, -0.2) is 22.2 Å². The number of nitrogens with zero attached hydrogens (tertiary/aromatic N) is 2. The third-order valence-electron chi connectivity index (χ3n) is 1.68. The van der Waals surface area contributed by atoms with Gasteiger partial charge in [0.25, 0.3) is 0 Å². The van der Waals surface area contributed by atoms with E-state index in [9.17, 15) is 0 Å². The first-order valence-electron chi connectivity index (χ1n) is 3.94. The Morgan fingerprint density at radius 3 is 2.69 bits per heavy atom. The molecule has 1 aromatic heterocycles. The van der Waals surface area contributed by atoms with E-state index in [-0.39, 0.29) is 5.69 Å². The summed E-state index contributed by atoms with van der Waals surface area (Å²) in [5, 5.41) is 26.4. The van der Waals surface area contributed by atoms with Crippen LogP contribution < -0.4 is 5.46 Å². The van der Waals surface area contributed by atoms with Gasteiger partial charge in [-0.1, -0.05) is 6.92 Å². The van der Waals surface area contributed by atoms with Crippen LogP contribution in [0.2, 0.25) is 0 Å². The van der Waals surface area contributed by atoms with Crippen molar-refractivity contribution in [3.63, 3.8) is 0 Å². The average molecular weight is 176 g/mol. The smallest absolute Gasteiger partial charge is 0.423 e. The van der Waals surface area contributed by atoms with Crippen molar-refractivity contribution in [2.24, 2.45) is 0 Å². The van der Waals surface area contributed by atoms with Crippen molar-refractivity contribution < 1.29 is 10.0 Å². The summed E-state index contributed by atoms with van der Waals surface area (Å²) in [5.41, 5.74) is 1.20. The summed E-state index contributed by atoms with van der Waals surface area (Å²) in [4.78, 5) is 3.97. The van der Waals surface area contributed by atoms with Gasteiger partial charge in [-0.15, -0.1) is 0 Å². The Balaban J connectivity index is 3.17. The Labute approximate surface area is 76.6 Å². The fraction of sp³-hybridized carbons (Fsp3) is 0.250. The molecule has 13 heavy (non-hydrogen) atoms. The molecule has 0 atom stereocenters. The van der Waals surface area contributed by atoms with Crippen LogP contribution in [0.15, 0.2) is 12.1 Å². The molecular formula is C8H9BN2O2. The van der Waals surface area contributed by atoms with Gasteiger partial charge in [-0.3, -0.25) is 0 Å². The van der Waals surface area contributed by atoms with E-state index in [1.54, 1.807) is 6.07 Å². The molecule has 4 nitrogen and oxygen atoms in total. The van der Waals surface area contributed by atoms with Crippen LogP contribution in [0.3, 0.4) is 0 Å². The zero-order valence-electron chi connectivity index (χ0n) is 7.23. The second-order valence-electron chi connectivity index (χ2n) is 2.62. The maximum absolute atomic E-state index is 8.88. The molecule has 5 heteroatoms. The number of rotatable bonds is 2. The third kappa shape index (κ3) is 2.28.